The molecule has 0 aliphatic carbocycles. The van der Waals surface area contributed by atoms with Crippen LogP contribution in [0.5, 0.6) is 0 Å². The van der Waals surface area contributed by atoms with Crippen molar-refractivity contribution in [2.75, 3.05) is 17.1 Å². The topological polar surface area (TPSA) is 86.8 Å². The number of halogens is 1. The Morgan fingerprint density at radius 1 is 0.951 bits per heavy atom. The lowest BCUT2D eigenvalue weighted by Crippen LogP contribution is -2.52. The van der Waals surface area contributed by atoms with Gasteiger partial charge < -0.3 is 10.2 Å². The van der Waals surface area contributed by atoms with Gasteiger partial charge in [-0.3, -0.25) is 13.9 Å². The summed E-state index contributed by atoms with van der Waals surface area (Å²) >= 11 is 0. The number of benzene rings is 3. The number of hydrogen-bond acceptors (Lipinski definition) is 4. The van der Waals surface area contributed by atoms with Crippen molar-refractivity contribution in [1.82, 2.24) is 10.2 Å². The van der Waals surface area contributed by atoms with Crippen LogP contribution in [-0.2, 0) is 32.6 Å². The smallest absolute Gasteiger partial charge is 0.243 e. The van der Waals surface area contributed by atoms with Gasteiger partial charge in [-0.05, 0) is 55.5 Å². The third kappa shape index (κ3) is 9.14. The molecule has 0 radical (unpaired) electrons. The minimum absolute atomic E-state index is 0.0196. The van der Waals surface area contributed by atoms with E-state index >= 15 is 0 Å². The van der Waals surface area contributed by atoms with E-state index in [-0.39, 0.29) is 49.5 Å². The molecule has 3 rings (SSSR count). The molecule has 7 nitrogen and oxygen atoms in total. The molecule has 0 aromatic heterocycles. The van der Waals surface area contributed by atoms with E-state index in [9.17, 15) is 22.4 Å². The maximum Gasteiger partial charge on any atom is 0.243 e. The normalized spacial score (nSPS) is 12.8. The molecule has 1 N–H and O–H groups in total. The van der Waals surface area contributed by atoms with Crippen molar-refractivity contribution >= 4 is 27.5 Å². The average molecular weight is 582 g/mol. The van der Waals surface area contributed by atoms with Gasteiger partial charge in [0.05, 0.1) is 11.9 Å². The van der Waals surface area contributed by atoms with E-state index in [2.05, 4.69) is 5.32 Å². The first kappa shape index (κ1) is 31.8. The van der Waals surface area contributed by atoms with E-state index in [1.807, 2.05) is 75.4 Å². The third-order valence-electron chi connectivity index (χ3n) is 7.15. The molecule has 0 saturated carbocycles. The summed E-state index contributed by atoms with van der Waals surface area (Å²) < 4.78 is 40.5. The first-order valence-electron chi connectivity index (χ1n) is 13.9. The van der Waals surface area contributed by atoms with Gasteiger partial charge >= 0.3 is 0 Å². The van der Waals surface area contributed by atoms with Gasteiger partial charge in [0.25, 0.3) is 0 Å². The van der Waals surface area contributed by atoms with Gasteiger partial charge in [0.2, 0.25) is 21.8 Å². The molecule has 0 fully saturated rings. The van der Waals surface area contributed by atoms with E-state index in [1.54, 1.807) is 11.0 Å². The Balaban J connectivity index is 1.91. The van der Waals surface area contributed by atoms with Gasteiger partial charge in [0.15, 0.2) is 0 Å². The van der Waals surface area contributed by atoms with Crippen LogP contribution in [0.25, 0.3) is 0 Å². The second-order valence-corrected chi connectivity index (χ2v) is 12.3. The van der Waals surface area contributed by atoms with Crippen molar-refractivity contribution in [2.45, 2.75) is 65.1 Å². The predicted molar refractivity (Wildman–Crippen MR) is 161 cm³/mol. The highest BCUT2D eigenvalue weighted by Gasteiger charge is 2.31. The summed E-state index contributed by atoms with van der Waals surface area (Å²) in [6, 6.07) is 22.1. The zero-order chi connectivity index (χ0) is 30.0. The fourth-order valence-corrected chi connectivity index (χ4v) is 5.57. The van der Waals surface area contributed by atoms with Gasteiger partial charge in [0, 0.05) is 32.0 Å². The van der Waals surface area contributed by atoms with Crippen molar-refractivity contribution in [2.24, 2.45) is 0 Å². The second-order valence-electron chi connectivity index (χ2n) is 10.4. The molecule has 220 valence electrons. The average Bonchev–Trinajstić information content (AvgIpc) is 2.94. The molecule has 3 aromatic rings. The number of nitrogens with one attached hydrogen (secondary N) is 1. The lowest BCUT2D eigenvalue weighted by Gasteiger charge is -2.33. The number of carbonyl (C=O) groups is 2. The van der Waals surface area contributed by atoms with Crippen molar-refractivity contribution < 1.29 is 22.4 Å². The molecule has 3 aromatic carbocycles. The lowest BCUT2D eigenvalue weighted by molar-refractivity contribution is -0.141. The van der Waals surface area contributed by atoms with Gasteiger partial charge in [-0.1, -0.05) is 73.7 Å². The van der Waals surface area contributed by atoms with Gasteiger partial charge in [-0.15, -0.1) is 0 Å². The summed E-state index contributed by atoms with van der Waals surface area (Å²) in [5.74, 6) is -1.18. The number of para-hydroxylation sites is 1. The number of hydrogen-bond donors (Lipinski definition) is 1. The molecule has 41 heavy (non-hydrogen) atoms. The van der Waals surface area contributed by atoms with Gasteiger partial charge in [0.1, 0.15) is 11.9 Å². The standard InChI is InChI=1S/C32H40FN3O4S/c1-5-25(3)34-32(38)30(22-26-15-7-6-8-16-26)35(23-27-17-10-9-14-24(27)2)31(37)20-13-21-36(41(4,39)40)29-19-12-11-18-28(29)33/h6-12,14-19,25,30H,5,13,20-23H2,1-4H3,(H,34,38)/t25-,30+/m0/s1. The minimum atomic E-state index is -3.80. The van der Waals surface area contributed by atoms with Crippen molar-refractivity contribution in [1.29, 1.82) is 0 Å². The minimum Gasteiger partial charge on any atom is -0.352 e. The van der Waals surface area contributed by atoms with Crippen LogP contribution in [0.15, 0.2) is 78.9 Å². The van der Waals surface area contributed by atoms with Gasteiger partial charge in [-0.25, -0.2) is 12.8 Å². The molecule has 0 heterocycles. The van der Waals surface area contributed by atoms with Crippen LogP contribution in [0, 0.1) is 12.7 Å². The zero-order valence-electron chi connectivity index (χ0n) is 24.2. The molecule has 0 aliphatic heterocycles. The number of carbonyl (C=O) groups excluding carboxylic acids is 2. The van der Waals surface area contributed by atoms with E-state index in [0.29, 0.717) is 6.42 Å². The first-order chi connectivity index (χ1) is 19.5. The quantitative estimate of drug-likeness (QED) is 0.282. The number of aryl methyl sites for hydroxylation is 1. The second kappa shape index (κ2) is 14.8. The Hall–Kier alpha value is -3.72. The Labute approximate surface area is 243 Å². The number of anilines is 1. The number of sulfonamides is 1. The molecule has 0 bridgehead atoms. The fraction of sp³-hybridized carbons (Fsp3) is 0.375. The van der Waals surface area contributed by atoms with Crippen LogP contribution in [0.2, 0.25) is 0 Å². The Morgan fingerprint density at radius 2 is 1.59 bits per heavy atom. The van der Waals surface area contributed by atoms with Crippen molar-refractivity contribution in [3.63, 3.8) is 0 Å². The summed E-state index contributed by atoms with van der Waals surface area (Å²) in [7, 11) is -3.80. The van der Waals surface area contributed by atoms with Crippen molar-refractivity contribution in [3.05, 3.63) is 101 Å². The van der Waals surface area contributed by atoms with Crippen LogP contribution in [0.3, 0.4) is 0 Å². The lowest BCUT2D eigenvalue weighted by atomic mass is 10.0. The number of nitrogens with zero attached hydrogens (tertiary/aromatic N) is 2. The highest BCUT2D eigenvalue weighted by atomic mass is 32.2. The van der Waals surface area contributed by atoms with Crippen LogP contribution >= 0.6 is 0 Å². The van der Waals surface area contributed by atoms with Crippen molar-refractivity contribution in [3.8, 4) is 0 Å². The number of amides is 2. The van der Waals surface area contributed by atoms with Crippen LogP contribution in [0.4, 0.5) is 10.1 Å². The summed E-state index contributed by atoms with van der Waals surface area (Å²) in [5, 5.41) is 3.05. The summed E-state index contributed by atoms with van der Waals surface area (Å²) in [6.45, 7) is 6.01. The fourth-order valence-electron chi connectivity index (χ4n) is 4.60. The molecule has 0 saturated heterocycles. The van der Waals surface area contributed by atoms with Crippen LogP contribution < -0.4 is 9.62 Å². The molecule has 9 heteroatoms. The molecule has 0 spiro atoms. The zero-order valence-corrected chi connectivity index (χ0v) is 25.0. The maximum atomic E-state index is 14.5. The Bertz CT molecular complexity index is 1420. The largest absolute Gasteiger partial charge is 0.352 e. The Morgan fingerprint density at radius 3 is 2.22 bits per heavy atom. The first-order valence-corrected chi connectivity index (χ1v) is 15.8. The maximum absolute atomic E-state index is 14.5. The van der Waals surface area contributed by atoms with Crippen LogP contribution in [-0.4, -0.2) is 50.0 Å². The predicted octanol–water partition coefficient (Wildman–Crippen LogP) is 5.24. The summed E-state index contributed by atoms with van der Waals surface area (Å²) in [5.41, 5.74) is 2.77. The van der Waals surface area contributed by atoms with E-state index in [4.69, 9.17) is 0 Å². The SMILES string of the molecule is CC[C@H](C)NC(=O)[C@@H](Cc1ccccc1)N(Cc1ccccc1C)C(=O)CCCN(c1ccccc1F)S(C)(=O)=O. The number of rotatable bonds is 14. The molecule has 2 atom stereocenters. The van der Waals surface area contributed by atoms with Gasteiger partial charge in [-0.2, -0.15) is 0 Å². The highest BCUT2D eigenvalue weighted by molar-refractivity contribution is 7.92. The molecular formula is C32H40FN3O4S. The highest BCUT2D eigenvalue weighted by Crippen LogP contribution is 2.23. The molecular weight excluding hydrogens is 541 g/mol. The molecule has 0 unspecified atom stereocenters. The van der Waals surface area contributed by atoms with E-state index < -0.39 is 21.9 Å². The van der Waals surface area contributed by atoms with Crippen LogP contribution in [0.1, 0.15) is 49.8 Å². The van der Waals surface area contributed by atoms with E-state index in [0.717, 1.165) is 33.7 Å². The monoisotopic (exact) mass is 581 g/mol. The Kier molecular flexibility index (Phi) is 11.5. The molecule has 0 aliphatic rings. The summed E-state index contributed by atoms with van der Waals surface area (Å²) in [4.78, 5) is 29.1. The molecule has 2 amide bonds. The van der Waals surface area contributed by atoms with E-state index in [1.165, 1.54) is 18.2 Å². The summed E-state index contributed by atoms with van der Waals surface area (Å²) in [6.07, 6.45) is 2.21. The third-order valence-corrected chi connectivity index (χ3v) is 8.33.